The van der Waals surface area contributed by atoms with E-state index in [1.807, 2.05) is 42.5 Å². The zero-order valence-corrected chi connectivity index (χ0v) is 17.0. The van der Waals surface area contributed by atoms with E-state index in [2.05, 4.69) is 15.4 Å². The van der Waals surface area contributed by atoms with Crippen LogP contribution >= 0.6 is 0 Å². The molecular formula is C23H23N5O3. The van der Waals surface area contributed by atoms with E-state index in [9.17, 15) is 14.9 Å². The molecule has 3 aromatic rings. The summed E-state index contributed by atoms with van der Waals surface area (Å²) in [6.07, 6.45) is 6.84. The Labute approximate surface area is 178 Å². The topological polar surface area (TPSA) is 103 Å². The lowest BCUT2D eigenvalue weighted by atomic mass is 9.46. The maximum Gasteiger partial charge on any atom is 0.490 e. The number of hydrogen-bond acceptors (Lipinski definition) is 5. The highest BCUT2D eigenvalue weighted by atomic mass is 16.6. The SMILES string of the molecule is O=C(Nc1cccc2ccccc12)C12C[C@H]3C[C@@H](C1)CC(n1cnc([N+](=O)[O-])n1)(C3)C2. The van der Waals surface area contributed by atoms with Crippen LogP contribution in [0.5, 0.6) is 0 Å². The lowest BCUT2D eigenvalue weighted by Crippen LogP contribution is -2.60. The zero-order valence-electron chi connectivity index (χ0n) is 17.0. The highest BCUT2D eigenvalue weighted by Gasteiger charge is 2.62. The summed E-state index contributed by atoms with van der Waals surface area (Å²) in [6, 6.07) is 14.0. The van der Waals surface area contributed by atoms with Crippen molar-refractivity contribution in [2.24, 2.45) is 17.3 Å². The van der Waals surface area contributed by atoms with E-state index in [-0.39, 0.29) is 17.4 Å². The van der Waals surface area contributed by atoms with Gasteiger partial charge in [-0.25, -0.2) is 0 Å². The standard InChI is InChI=1S/C23H23N5O3/c29-20(25-19-7-3-5-17-4-1-2-6-18(17)19)22-9-15-8-16(10-22)12-23(11-15,13-22)27-14-24-21(26-27)28(30)31/h1-7,14-16H,8-13H2,(H,25,29)/t15-,16+,22?,23?. The molecule has 1 heterocycles. The van der Waals surface area contributed by atoms with Gasteiger partial charge in [-0.2, -0.15) is 4.68 Å². The van der Waals surface area contributed by atoms with Crippen LogP contribution < -0.4 is 5.32 Å². The average Bonchev–Trinajstić information content (AvgIpc) is 3.25. The number of fused-ring (bicyclic) bond motifs is 1. The van der Waals surface area contributed by atoms with E-state index in [0.717, 1.165) is 48.6 Å². The van der Waals surface area contributed by atoms with Crippen molar-refractivity contribution < 1.29 is 9.72 Å². The van der Waals surface area contributed by atoms with Crippen LogP contribution in [0.25, 0.3) is 10.8 Å². The molecule has 0 saturated heterocycles. The van der Waals surface area contributed by atoms with Crippen LogP contribution in [-0.4, -0.2) is 25.6 Å². The number of nitrogens with one attached hydrogen (secondary N) is 1. The molecule has 4 atom stereocenters. The molecular weight excluding hydrogens is 394 g/mol. The summed E-state index contributed by atoms with van der Waals surface area (Å²) in [7, 11) is 0. The molecule has 158 valence electrons. The van der Waals surface area contributed by atoms with Crippen molar-refractivity contribution in [2.75, 3.05) is 5.32 Å². The Morgan fingerprint density at radius 2 is 1.84 bits per heavy atom. The van der Waals surface area contributed by atoms with Crippen LogP contribution in [0.4, 0.5) is 11.6 Å². The quantitative estimate of drug-likeness (QED) is 0.504. The third-order valence-corrected chi connectivity index (χ3v) is 7.68. The van der Waals surface area contributed by atoms with Crippen molar-refractivity contribution in [3.8, 4) is 0 Å². The minimum absolute atomic E-state index is 0.0666. The first-order valence-electron chi connectivity index (χ1n) is 10.8. The molecule has 1 aromatic heterocycles. The van der Waals surface area contributed by atoms with Gasteiger partial charge in [-0.3, -0.25) is 4.79 Å². The molecule has 1 N–H and O–H groups in total. The maximum absolute atomic E-state index is 13.7. The number of nitro groups is 1. The van der Waals surface area contributed by atoms with Crippen molar-refractivity contribution in [3.05, 3.63) is 58.9 Å². The van der Waals surface area contributed by atoms with Crippen molar-refractivity contribution >= 4 is 28.3 Å². The molecule has 0 radical (unpaired) electrons. The van der Waals surface area contributed by atoms with Gasteiger partial charge in [-0.1, -0.05) is 41.4 Å². The second-order valence-corrected chi connectivity index (χ2v) is 9.69. The van der Waals surface area contributed by atoms with Crippen molar-refractivity contribution in [1.82, 2.24) is 14.8 Å². The fourth-order valence-electron chi connectivity index (χ4n) is 6.90. The molecule has 0 aliphatic heterocycles. The van der Waals surface area contributed by atoms with Crippen molar-refractivity contribution in [3.63, 3.8) is 0 Å². The minimum Gasteiger partial charge on any atom is -0.390 e. The zero-order chi connectivity index (χ0) is 21.2. The summed E-state index contributed by atoms with van der Waals surface area (Å²) >= 11 is 0. The third kappa shape index (κ3) is 2.77. The van der Waals surface area contributed by atoms with Crippen LogP contribution in [0, 0.1) is 27.4 Å². The molecule has 2 unspecified atom stereocenters. The number of aromatic nitrogens is 3. The molecule has 7 rings (SSSR count). The fourth-order valence-corrected chi connectivity index (χ4v) is 6.90. The van der Waals surface area contributed by atoms with Crippen LogP contribution in [0.2, 0.25) is 0 Å². The van der Waals surface area contributed by atoms with Gasteiger partial charge in [0.1, 0.15) is 0 Å². The van der Waals surface area contributed by atoms with Crippen molar-refractivity contribution in [1.29, 1.82) is 0 Å². The maximum atomic E-state index is 13.7. The highest BCUT2D eigenvalue weighted by Crippen LogP contribution is 2.64. The van der Waals surface area contributed by atoms with Gasteiger partial charge >= 0.3 is 5.95 Å². The molecule has 4 bridgehead atoms. The monoisotopic (exact) mass is 417 g/mol. The number of nitrogens with zero attached hydrogens (tertiary/aromatic N) is 4. The molecule has 8 heteroatoms. The Balaban J connectivity index is 1.35. The first-order valence-corrected chi connectivity index (χ1v) is 10.8. The summed E-state index contributed by atoms with van der Waals surface area (Å²) < 4.78 is 1.70. The Kier molecular flexibility index (Phi) is 3.79. The van der Waals surface area contributed by atoms with Crippen LogP contribution in [-0.2, 0) is 10.3 Å². The summed E-state index contributed by atoms with van der Waals surface area (Å²) in [4.78, 5) is 28.2. The second-order valence-electron chi connectivity index (χ2n) is 9.69. The number of benzene rings is 2. The Bertz CT molecular complexity index is 1200. The van der Waals surface area contributed by atoms with E-state index in [1.165, 1.54) is 6.33 Å². The van der Waals surface area contributed by atoms with Gasteiger partial charge in [0.15, 0.2) is 0 Å². The molecule has 1 amide bonds. The van der Waals surface area contributed by atoms with E-state index >= 15 is 0 Å². The Morgan fingerprint density at radius 3 is 2.58 bits per heavy atom. The average molecular weight is 417 g/mol. The molecule has 4 saturated carbocycles. The largest absolute Gasteiger partial charge is 0.490 e. The predicted octanol–water partition coefficient (Wildman–Crippen LogP) is 4.27. The van der Waals surface area contributed by atoms with Gasteiger partial charge in [-0.15, -0.1) is 0 Å². The number of carbonyl (C=O) groups excluding carboxylic acids is 1. The summed E-state index contributed by atoms with van der Waals surface area (Å²) in [6.45, 7) is 0. The van der Waals surface area contributed by atoms with Crippen molar-refractivity contribution in [2.45, 2.75) is 44.1 Å². The first-order chi connectivity index (χ1) is 15.0. The van der Waals surface area contributed by atoms with Gasteiger partial charge < -0.3 is 15.4 Å². The van der Waals surface area contributed by atoms with E-state index in [4.69, 9.17) is 0 Å². The van der Waals surface area contributed by atoms with E-state index in [0.29, 0.717) is 18.3 Å². The summed E-state index contributed by atoms with van der Waals surface area (Å²) in [5.41, 5.74) is 0.00714. The van der Waals surface area contributed by atoms with Crippen LogP contribution in [0.1, 0.15) is 38.5 Å². The lowest BCUT2D eigenvalue weighted by Gasteiger charge is -2.60. The molecule has 2 aromatic carbocycles. The molecule has 8 nitrogen and oxygen atoms in total. The summed E-state index contributed by atoms with van der Waals surface area (Å²) in [5.74, 6) is 0.562. The number of rotatable bonds is 4. The molecule has 0 spiro atoms. The van der Waals surface area contributed by atoms with Gasteiger partial charge in [0.05, 0.1) is 11.0 Å². The predicted molar refractivity (Wildman–Crippen MR) is 114 cm³/mol. The van der Waals surface area contributed by atoms with Crippen LogP contribution in [0.3, 0.4) is 0 Å². The van der Waals surface area contributed by atoms with Gasteiger partial charge in [0.2, 0.25) is 12.2 Å². The summed E-state index contributed by atoms with van der Waals surface area (Å²) in [5, 5.41) is 20.7. The number of hydrogen-bond donors (Lipinski definition) is 1. The molecule has 4 aliphatic carbocycles. The number of anilines is 1. The van der Waals surface area contributed by atoms with Gasteiger partial charge in [0.25, 0.3) is 0 Å². The van der Waals surface area contributed by atoms with Crippen LogP contribution in [0.15, 0.2) is 48.8 Å². The smallest absolute Gasteiger partial charge is 0.390 e. The van der Waals surface area contributed by atoms with E-state index < -0.39 is 10.3 Å². The third-order valence-electron chi connectivity index (χ3n) is 7.68. The first kappa shape index (κ1) is 18.5. The fraction of sp³-hybridized carbons (Fsp3) is 0.435. The second kappa shape index (κ2) is 6.35. The van der Waals surface area contributed by atoms with E-state index in [1.54, 1.807) is 4.68 Å². The van der Waals surface area contributed by atoms with Gasteiger partial charge in [-0.05, 0) is 66.7 Å². The highest BCUT2D eigenvalue weighted by molar-refractivity contribution is 6.04. The molecule has 4 aliphatic rings. The Morgan fingerprint density at radius 1 is 1.10 bits per heavy atom. The number of amides is 1. The molecule has 4 fully saturated rings. The lowest BCUT2D eigenvalue weighted by molar-refractivity contribution is -0.394. The molecule has 31 heavy (non-hydrogen) atoms. The normalized spacial score (nSPS) is 31.1. The minimum atomic E-state index is -0.556. The van der Waals surface area contributed by atoms with Gasteiger partial charge in [0, 0.05) is 16.2 Å². The Hall–Kier alpha value is -3.29. The number of carbonyl (C=O) groups is 1.